The Hall–Kier alpha value is 1.51. The van der Waals surface area contributed by atoms with Crippen LogP contribution >= 0.6 is 0 Å². The summed E-state index contributed by atoms with van der Waals surface area (Å²) in [6, 6.07) is 0. The second kappa shape index (κ2) is 16.9. The SMILES string of the molecule is CCCCCCCCCC(CCCC(O)CCC)S(=O)(=O)[O-].[K+]. The second-order valence-corrected chi connectivity index (χ2v) is 8.05. The topological polar surface area (TPSA) is 77.4 Å². The van der Waals surface area contributed by atoms with Crippen molar-refractivity contribution in [3.8, 4) is 0 Å². The monoisotopic (exact) mass is 374 g/mol. The van der Waals surface area contributed by atoms with Crippen molar-refractivity contribution < 1.29 is 69.5 Å². The molecule has 2 unspecified atom stereocenters. The minimum absolute atomic E-state index is 0. The molecule has 0 fully saturated rings. The van der Waals surface area contributed by atoms with Gasteiger partial charge in [-0.2, -0.15) is 0 Å². The largest absolute Gasteiger partial charge is 1.00 e. The van der Waals surface area contributed by atoms with Crippen molar-refractivity contribution in [2.24, 2.45) is 0 Å². The molecule has 0 aliphatic heterocycles. The van der Waals surface area contributed by atoms with Crippen LogP contribution in [-0.4, -0.2) is 29.4 Å². The Morgan fingerprint density at radius 1 is 0.783 bits per heavy atom. The van der Waals surface area contributed by atoms with Gasteiger partial charge in [0.1, 0.15) is 0 Å². The standard InChI is InChI=1S/C17H36O4S.K/c1-3-5-6-7-8-9-10-14-17(22(19,20)21)15-11-13-16(18)12-4-2;/h16-18H,3-15H2,1-2H3,(H,19,20,21);/q;+1/p-1. The molecule has 0 aromatic rings. The molecule has 6 heteroatoms. The molecular formula is C17H35KO4S. The third kappa shape index (κ3) is 16.7. The Morgan fingerprint density at radius 3 is 1.83 bits per heavy atom. The summed E-state index contributed by atoms with van der Waals surface area (Å²) >= 11 is 0. The van der Waals surface area contributed by atoms with Gasteiger partial charge in [-0.1, -0.05) is 65.2 Å². The molecule has 0 saturated carbocycles. The minimum atomic E-state index is -4.21. The number of rotatable bonds is 15. The Bertz CT molecular complexity index is 347. The van der Waals surface area contributed by atoms with E-state index in [9.17, 15) is 18.1 Å². The number of aliphatic hydroxyl groups is 1. The first-order valence-corrected chi connectivity index (χ1v) is 10.5. The Balaban J connectivity index is 0. The van der Waals surface area contributed by atoms with Crippen LogP contribution in [0, 0.1) is 0 Å². The molecule has 4 nitrogen and oxygen atoms in total. The van der Waals surface area contributed by atoms with Crippen LogP contribution in [-0.2, 0) is 10.1 Å². The maximum absolute atomic E-state index is 11.3. The van der Waals surface area contributed by atoms with Crippen molar-refractivity contribution in [2.45, 2.75) is 109 Å². The molecule has 0 aromatic carbocycles. The molecule has 0 spiro atoms. The van der Waals surface area contributed by atoms with Gasteiger partial charge in [0.2, 0.25) is 0 Å². The van der Waals surface area contributed by atoms with Crippen LogP contribution in [0.1, 0.15) is 97.3 Å². The maximum atomic E-state index is 11.3. The van der Waals surface area contributed by atoms with E-state index in [-0.39, 0.29) is 57.5 Å². The predicted octanol–water partition coefficient (Wildman–Crippen LogP) is 1.38. The van der Waals surface area contributed by atoms with Gasteiger partial charge < -0.3 is 9.66 Å². The fraction of sp³-hybridized carbons (Fsp3) is 1.00. The van der Waals surface area contributed by atoms with E-state index in [2.05, 4.69) is 6.92 Å². The van der Waals surface area contributed by atoms with E-state index in [1.165, 1.54) is 25.7 Å². The van der Waals surface area contributed by atoms with Crippen LogP contribution in [0.3, 0.4) is 0 Å². The van der Waals surface area contributed by atoms with Crippen molar-refractivity contribution in [3.05, 3.63) is 0 Å². The molecule has 0 rings (SSSR count). The first kappa shape index (κ1) is 26.7. The van der Waals surface area contributed by atoms with Crippen LogP contribution in [0.15, 0.2) is 0 Å². The molecule has 134 valence electrons. The van der Waals surface area contributed by atoms with E-state index >= 15 is 0 Å². The fourth-order valence-electron chi connectivity index (χ4n) is 2.82. The van der Waals surface area contributed by atoms with Gasteiger partial charge in [-0.05, 0) is 32.1 Å². The van der Waals surface area contributed by atoms with Gasteiger partial charge >= 0.3 is 51.4 Å². The number of hydrogen-bond donors (Lipinski definition) is 1. The van der Waals surface area contributed by atoms with Gasteiger partial charge in [0, 0.05) is 5.25 Å². The average molecular weight is 375 g/mol. The van der Waals surface area contributed by atoms with Crippen molar-refractivity contribution in [2.75, 3.05) is 0 Å². The van der Waals surface area contributed by atoms with E-state index in [1.54, 1.807) is 0 Å². The molecule has 0 heterocycles. The van der Waals surface area contributed by atoms with E-state index in [0.29, 0.717) is 25.7 Å². The van der Waals surface area contributed by atoms with Crippen molar-refractivity contribution >= 4 is 10.1 Å². The first-order valence-electron chi connectivity index (χ1n) is 9.04. The van der Waals surface area contributed by atoms with Gasteiger partial charge in [-0.15, -0.1) is 0 Å². The van der Waals surface area contributed by atoms with Crippen molar-refractivity contribution in [1.29, 1.82) is 0 Å². The summed E-state index contributed by atoms with van der Waals surface area (Å²) in [5.41, 5.74) is 0. The predicted molar refractivity (Wildman–Crippen MR) is 90.9 cm³/mol. The molecular weight excluding hydrogens is 339 g/mol. The number of unbranched alkanes of at least 4 members (excludes halogenated alkanes) is 6. The van der Waals surface area contributed by atoms with E-state index in [4.69, 9.17) is 0 Å². The summed E-state index contributed by atoms with van der Waals surface area (Å²) in [7, 11) is -4.21. The summed E-state index contributed by atoms with van der Waals surface area (Å²) in [6.45, 7) is 4.19. The van der Waals surface area contributed by atoms with Crippen LogP contribution in [0.25, 0.3) is 0 Å². The molecule has 23 heavy (non-hydrogen) atoms. The molecule has 0 saturated heterocycles. The summed E-state index contributed by atoms with van der Waals surface area (Å²) < 4.78 is 34.0. The van der Waals surface area contributed by atoms with Crippen LogP contribution in [0.2, 0.25) is 0 Å². The minimum Gasteiger partial charge on any atom is -0.748 e. The second-order valence-electron chi connectivity index (χ2n) is 6.40. The summed E-state index contributed by atoms with van der Waals surface area (Å²) in [5.74, 6) is 0. The van der Waals surface area contributed by atoms with Gasteiger partial charge in [-0.3, -0.25) is 0 Å². The molecule has 0 aliphatic rings. The zero-order valence-corrected chi connectivity index (χ0v) is 19.4. The van der Waals surface area contributed by atoms with Crippen molar-refractivity contribution in [1.82, 2.24) is 0 Å². The maximum Gasteiger partial charge on any atom is 1.00 e. The van der Waals surface area contributed by atoms with Crippen LogP contribution < -0.4 is 51.4 Å². The van der Waals surface area contributed by atoms with Gasteiger partial charge in [0.15, 0.2) is 0 Å². The molecule has 0 aliphatic carbocycles. The number of hydrogen-bond acceptors (Lipinski definition) is 4. The third-order valence-electron chi connectivity index (χ3n) is 4.22. The number of aliphatic hydroxyl groups excluding tert-OH is 1. The molecule has 0 radical (unpaired) electrons. The quantitative estimate of drug-likeness (QED) is 0.267. The molecule has 0 aromatic heterocycles. The zero-order valence-electron chi connectivity index (χ0n) is 15.4. The Morgan fingerprint density at radius 2 is 1.30 bits per heavy atom. The molecule has 1 N–H and O–H groups in total. The van der Waals surface area contributed by atoms with E-state index in [1.807, 2.05) is 6.92 Å². The molecule has 0 bridgehead atoms. The summed E-state index contributed by atoms with van der Waals surface area (Å²) in [4.78, 5) is 0. The summed E-state index contributed by atoms with van der Waals surface area (Å²) in [6.07, 6.45) is 11.3. The van der Waals surface area contributed by atoms with E-state index < -0.39 is 15.4 Å². The Labute approximate surface area is 186 Å². The summed E-state index contributed by atoms with van der Waals surface area (Å²) in [5, 5.41) is 8.89. The van der Waals surface area contributed by atoms with Gasteiger partial charge in [0.25, 0.3) is 0 Å². The Kier molecular flexibility index (Phi) is 19.7. The molecule has 2 atom stereocenters. The van der Waals surface area contributed by atoms with Gasteiger partial charge in [0.05, 0.1) is 16.2 Å². The van der Waals surface area contributed by atoms with E-state index in [0.717, 1.165) is 32.1 Å². The zero-order chi connectivity index (χ0) is 16.8. The average Bonchev–Trinajstić information content (AvgIpc) is 2.43. The molecule has 0 amide bonds. The van der Waals surface area contributed by atoms with Crippen LogP contribution in [0.5, 0.6) is 0 Å². The smallest absolute Gasteiger partial charge is 0.748 e. The van der Waals surface area contributed by atoms with Crippen molar-refractivity contribution in [3.63, 3.8) is 0 Å². The normalized spacial score (nSPS) is 14.3. The van der Waals surface area contributed by atoms with Gasteiger partial charge in [-0.25, -0.2) is 8.42 Å². The van der Waals surface area contributed by atoms with Crippen LogP contribution in [0.4, 0.5) is 0 Å². The third-order valence-corrected chi connectivity index (χ3v) is 5.51. The first-order chi connectivity index (χ1) is 10.4. The fourth-order valence-corrected chi connectivity index (χ4v) is 3.73.